The van der Waals surface area contributed by atoms with Gasteiger partial charge in [0.15, 0.2) is 11.7 Å². The number of nitrogens with one attached hydrogen (secondary N) is 2. The van der Waals surface area contributed by atoms with Crippen molar-refractivity contribution in [2.75, 3.05) is 19.6 Å². The van der Waals surface area contributed by atoms with Crippen molar-refractivity contribution in [3.05, 3.63) is 0 Å². The van der Waals surface area contributed by atoms with Crippen LogP contribution in [0.15, 0.2) is 4.99 Å². The number of nitrogens with zero attached hydrogens (tertiary/aromatic N) is 1. The summed E-state index contributed by atoms with van der Waals surface area (Å²) < 4.78 is 0. The normalized spacial score (nSPS) is 21.4. The minimum Gasteiger partial charge on any atom is -0.370 e. The van der Waals surface area contributed by atoms with Crippen molar-refractivity contribution in [3.63, 3.8) is 0 Å². The Balaban J connectivity index is 2.21. The molecule has 0 aliphatic carbocycles. The molecule has 1 saturated heterocycles. The van der Waals surface area contributed by atoms with Crippen LogP contribution in [0.5, 0.6) is 0 Å². The summed E-state index contributed by atoms with van der Waals surface area (Å²) >= 11 is 0. The number of Topliss-reactive ketones (excluding diaryl/α,β-unsaturated/α-hetero) is 2. The largest absolute Gasteiger partial charge is 0.370 e. The van der Waals surface area contributed by atoms with Gasteiger partial charge in [0.2, 0.25) is 0 Å². The van der Waals surface area contributed by atoms with Gasteiger partial charge in [-0.25, -0.2) is 0 Å². The fourth-order valence-corrected chi connectivity index (χ4v) is 2.39. The van der Waals surface area contributed by atoms with E-state index < -0.39 is 6.04 Å². The summed E-state index contributed by atoms with van der Waals surface area (Å²) in [6.45, 7) is 5.29. The van der Waals surface area contributed by atoms with Crippen molar-refractivity contribution in [1.29, 1.82) is 0 Å². The molecule has 1 aliphatic heterocycles. The molecule has 1 fully saturated rings. The summed E-state index contributed by atoms with van der Waals surface area (Å²) in [5.74, 6) is 0.397. The number of aliphatic imine (C=N–C) groups is 1. The number of carbonyl (C=O) groups is 2. The Morgan fingerprint density at radius 1 is 1.45 bits per heavy atom. The van der Waals surface area contributed by atoms with E-state index in [-0.39, 0.29) is 23.5 Å². The molecule has 0 aromatic carbocycles. The maximum absolute atomic E-state index is 12.1. The monoisotopic (exact) mass is 311 g/mol. The van der Waals surface area contributed by atoms with Crippen LogP contribution in [-0.2, 0) is 9.59 Å². The second kappa shape index (κ2) is 9.53. The zero-order valence-corrected chi connectivity index (χ0v) is 13.6. The third-order valence-corrected chi connectivity index (χ3v) is 3.95. The van der Waals surface area contributed by atoms with E-state index in [0.29, 0.717) is 25.5 Å². The fourth-order valence-electron chi connectivity index (χ4n) is 2.39. The van der Waals surface area contributed by atoms with Crippen molar-refractivity contribution in [2.24, 2.45) is 22.4 Å². The standard InChI is InChI=1S/C15H29N5O2/c1-10(14(22)13-6-4-7-18-13)9-20-15(17)19-8-3-5-12(16)11(2)21/h10,12-13,18H,3-9,16H2,1-2H3,(H3,17,19,20)/t10?,12-,13-/m0/s1. The first kappa shape index (κ1) is 18.6. The zero-order chi connectivity index (χ0) is 16.5. The topological polar surface area (TPSA) is 123 Å². The molecule has 0 amide bonds. The molecule has 0 spiro atoms. The highest BCUT2D eigenvalue weighted by Gasteiger charge is 2.25. The van der Waals surface area contributed by atoms with Gasteiger partial charge in [0.25, 0.3) is 0 Å². The first-order chi connectivity index (χ1) is 10.4. The van der Waals surface area contributed by atoms with Crippen LogP contribution in [0.4, 0.5) is 0 Å². The summed E-state index contributed by atoms with van der Waals surface area (Å²) in [5.41, 5.74) is 11.4. The van der Waals surface area contributed by atoms with Crippen LogP contribution in [0.25, 0.3) is 0 Å². The van der Waals surface area contributed by atoms with E-state index >= 15 is 0 Å². The molecular weight excluding hydrogens is 282 g/mol. The summed E-state index contributed by atoms with van der Waals surface area (Å²) in [7, 11) is 0. The molecule has 1 rings (SSSR count). The highest BCUT2D eigenvalue weighted by molar-refractivity contribution is 5.87. The van der Waals surface area contributed by atoms with Gasteiger partial charge in [-0.1, -0.05) is 6.92 Å². The van der Waals surface area contributed by atoms with E-state index in [1.165, 1.54) is 6.92 Å². The van der Waals surface area contributed by atoms with Gasteiger partial charge >= 0.3 is 0 Å². The third-order valence-electron chi connectivity index (χ3n) is 3.95. The number of hydrogen-bond acceptors (Lipinski definition) is 5. The molecule has 1 heterocycles. The molecule has 22 heavy (non-hydrogen) atoms. The molecule has 0 radical (unpaired) electrons. The molecule has 0 bridgehead atoms. The Hall–Kier alpha value is -1.47. The first-order valence-electron chi connectivity index (χ1n) is 7.98. The smallest absolute Gasteiger partial charge is 0.188 e. The summed E-state index contributed by atoms with van der Waals surface area (Å²) in [6, 6.07) is -0.427. The van der Waals surface area contributed by atoms with Crippen molar-refractivity contribution in [2.45, 2.75) is 51.6 Å². The molecule has 126 valence electrons. The average Bonchev–Trinajstić information content (AvgIpc) is 3.02. The minimum absolute atomic E-state index is 0.00509. The van der Waals surface area contributed by atoms with Crippen LogP contribution in [0.3, 0.4) is 0 Å². The lowest BCUT2D eigenvalue weighted by molar-refractivity contribution is -0.123. The van der Waals surface area contributed by atoms with Crippen LogP contribution in [0.1, 0.15) is 39.5 Å². The van der Waals surface area contributed by atoms with E-state index in [9.17, 15) is 9.59 Å². The number of rotatable bonds is 9. The second-order valence-corrected chi connectivity index (χ2v) is 5.96. The predicted molar refractivity (Wildman–Crippen MR) is 87.6 cm³/mol. The van der Waals surface area contributed by atoms with E-state index in [0.717, 1.165) is 25.8 Å². The average molecular weight is 311 g/mol. The molecular formula is C15H29N5O2. The van der Waals surface area contributed by atoms with Crippen molar-refractivity contribution < 1.29 is 9.59 Å². The molecule has 1 aliphatic rings. The number of carbonyl (C=O) groups excluding carboxylic acids is 2. The van der Waals surface area contributed by atoms with E-state index in [4.69, 9.17) is 11.5 Å². The Labute approximate surface area is 132 Å². The molecule has 0 saturated carbocycles. The third kappa shape index (κ3) is 6.53. The van der Waals surface area contributed by atoms with E-state index in [1.807, 2.05) is 6.92 Å². The minimum atomic E-state index is -0.406. The van der Waals surface area contributed by atoms with Gasteiger partial charge in [0.1, 0.15) is 5.78 Å². The van der Waals surface area contributed by atoms with Crippen LogP contribution < -0.4 is 22.1 Å². The van der Waals surface area contributed by atoms with Gasteiger partial charge in [-0.15, -0.1) is 0 Å². The van der Waals surface area contributed by atoms with Crippen molar-refractivity contribution in [1.82, 2.24) is 10.6 Å². The maximum atomic E-state index is 12.1. The Kier molecular flexibility index (Phi) is 8.05. The highest BCUT2D eigenvalue weighted by atomic mass is 16.1. The fraction of sp³-hybridized carbons (Fsp3) is 0.800. The van der Waals surface area contributed by atoms with Gasteiger partial charge < -0.3 is 22.1 Å². The van der Waals surface area contributed by atoms with E-state index in [1.54, 1.807) is 0 Å². The highest BCUT2D eigenvalue weighted by Crippen LogP contribution is 2.11. The number of hydrogen-bond donors (Lipinski definition) is 4. The van der Waals surface area contributed by atoms with Crippen LogP contribution in [0, 0.1) is 5.92 Å². The first-order valence-corrected chi connectivity index (χ1v) is 7.98. The molecule has 0 aromatic heterocycles. The number of ketones is 2. The lowest BCUT2D eigenvalue weighted by atomic mass is 9.99. The molecule has 7 nitrogen and oxygen atoms in total. The molecule has 7 heteroatoms. The molecule has 3 atom stereocenters. The lowest BCUT2D eigenvalue weighted by Crippen LogP contribution is -2.37. The SMILES string of the molecule is CC(=O)[C@@H](N)CCCNC(N)=NCC(C)C(=O)[C@@H]1CCCN1. The lowest BCUT2D eigenvalue weighted by Gasteiger charge is -2.14. The Bertz CT molecular complexity index is 405. The van der Waals surface area contributed by atoms with Gasteiger partial charge in [0.05, 0.1) is 18.6 Å². The number of guanidine groups is 1. The Morgan fingerprint density at radius 3 is 2.77 bits per heavy atom. The van der Waals surface area contributed by atoms with Gasteiger partial charge in [-0.05, 0) is 39.2 Å². The summed E-state index contributed by atoms with van der Waals surface area (Å²) in [4.78, 5) is 27.3. The predicted octanol–water partition coefficient (Wildman–Crippen LogP) is -0.456. The summed E-state index contributed by atoms with van der Waals surface area (Å²) in [5, 5.41) is 6.18. The zero-order valence-electron chi connectivity index (χ0n) is 13.6. The maximum Gasteiger partial charge on any atom is 0.188 e. The van der Waals surface area contributed by atoms with E-state index in [2.05, 4.69) is 15.6 Å². The van der Waals surface area contributed by atoms with Crippen LogP contribution >= 0.6 is 0 Å². The molecule has 1 unspecified atom stereocenters. The van der Waals surface area contributed by atoms with Gasteiger partial charge in [-0.2, -0.15) is 0 Å². The van der Waals surface area contributed by atoms with Crippen LogP contribution in [0.2, 0.25) is 0 Å². The van der Waals surface area contributed by atoms with Crippen molar-refractivity contribution in [3.8, 4) is 0 Å². The van der Waals surface area contributed by atoms with Crippen LogP contribution in [-0.4, -0.2) is 49.2 Å². The summed E-state index contributed by atoms with van der Waals surface area (Å²) in [6.07, 6.45) is 3.34. The Morgan fingerprint density at radius 2 is 2.18 bits per heavy atom. The van der Waals surface area contributed by atoms with Gasteiger partial charge in [0, 0.05) is 12.5 Å². The van der Waals surface area contributed by atoms with Gasteiger partial charge in [-0.3, -0.25) is 14.6 Å². The quantitative estimate of drug-likeness (QED) is 0.260. The molecule has 0 aromatic rings. The number of nitrogens with two attached hydrogens (primary N) is 2. The second-order valence-electron chi connectivity index (χ2n) is 5.96. The molecule has 6 N–H and O–H groups in total. The van der Waals surface area contributed by atoms with Crippen molar-refractivity contribution >= 4 is 17.5 Å².